The van der Waals surface area contributed by atoms with Gasteiger partial charge in [-0.1, -0.05) is 21.6 Å². The van der Waals surface area contributed by atoms with Crippen LogP contribution in [0.3, 0.4) is 0 Å². The average molecular weight is 270 g/mol. The quantitative estimate of drug-likeness (QED) is 0.343. The molecule has 0 bridgehead atoms. The van der Waals surface area contributed by atoms with Crippen molar-refractivity contribution >= 4 is 33.5 Å². The van der Waals surface area contributed by atoms with Crippen molar-refractivity contribution in [1.29, 1.82) is 0 Å². The number of aliphatic hydroxyl groups excluding tert-OH is 2. The van der Waals surface area contributed by atoms with Gasteiger partial charge in [0.2, 0.25) is 0 Å². The molecule has 4 N–H and O–H groups in total. The van der Waals surface area contributed by atoms with Crippen LogP contribution in [0.4, 0.5) is 0 Å². The van der Waals surface area contributed by atoms with E-state index in [0.717, 1.165) is 0 Å². The van der Waals surface area contributed by atoms with Crippen LogP contribution in [0.2, 0.25) is 0 Å². The summed E-state index contributed by atoms with van der Waals surface area (Å²) < 4.78 is 0. The first-order chi connectivity index (χ1) is 7.45. The number of rotatable bonds is 9. The van der Waals surface area contributed by atoms with Gasteiger partial charge < -0.3 is 20.4 Å². The van der Waals surface area contributed by atoms with Gasteiger partial charge >= 0.3 is 11.9 Å². The maximum atomic E-state index is 10.2. The molecule has 2 atom stereocenters. The fraction of sp³-hybridized carbons (Fsp3) is 0.750. The molecule has 0 heterocycles. The molecule has 16 heavy (non-hydrogen) atoms. The summed E-state index contributed by atoms with van der Waals surface area (Å²) in [7, 11) is 2.68. The minimum absolute atomic E-state index is 0.147. The Bertz CT molecular complexity index is 211. The van der Waals surface area contributed by atoms with Gasteiger partial charge in [0.25, 0.3) is 0 Å². The number of hydrogen-bond acceptors (Lipinski definition) is 6. The lowest BCUT2D eigenvalue weighted by Crippen LogP contribution is -2.20. The molecule has 0 aliphatic carbocycles. The minimum atomic E-state index is -1.35. The summed E-state index contributed by atoms with van der Waals surface area (Å²) in [5.74, 6) is -1.57. The van der Waals surface area contributed by atoms with E-state index >= 15 is 0 Å². The molecule has 0 amide bonds. The molecule has 0 saturated heterocycles. The second-order valence-electron chi connectivity index (χ2n) is 2.93. The molecule has 0 saturated carbocycles. The lowest BCUT2D eigenvalue weighted by Gasteiger charge is -2.05. The molecule has 0 rings (SSSR count). The Morgan fingerprint density at radius 3 is 1.44 bits per heavy atom. The number of carbonyl (C=O) groups is 2. The van der Waals surface area contributed by atoms with Crippen LogP contribution >= 0.6 is 21.6 Å². The first kappa shape index (κ1) is 15.6. The van der Waals surface area contributed by atoms with Gasteiger partial charge in [-0.2, -0.15) is 0 Å². The van der Waals surface area contributed by atoms with Crippen LogP contribution in [0.5, 0.6) is 0 Å². The average Bonchev–Trinajstić information content (AvgIpc) is 2.21. The van der Waals surface area contributed by atoms with E-state index in [1.165, 1.54) is 21.6 Å². The van der Waals surface area contributed by atoms with Gasteiger partial charge in [0.15, 0.2) is 12.2 Å². The van der Waals surface area contributed by atoms with Crippen LogP contribution in [0, 0.1) is 0 Å². The van der Waals surface area contributed by atoms with Crippen LogP contribution in [-0.2, 0) is 9.59 Å². The van der Waals surface area contributed by atoms with Crippen LogP contribution in [-0.4, -0.2) is 56.1 Å². The van der Waals surface area contributed by atoms with Gasteiger partial charge in [-0.3, -0.25) is 0 Å². The molecule has 0 radical (unpaired) electrons. The summed E-state index contributed by atoms with van der Waals surface area (Å²) in [6, 6.07) is 0. The first-order valence-corrected chi connectivity index (χ1v) is 7.00. The molecule has 0 aliphatic rings. The van der Waals surface area contributed by atoms with Crippen molar-refractivity contribution in [1.82, 2.24) is 0 Å². The van der Waals surface area contributed by atoms with Gasteiger partial charge in [-0.25, -0.2) is 9.59 Å². The summed E-state index contributed by atoms with van der Waals surface area (Å²) >= 11 is 0. The Morgan fingerprint density at radius 1 is 0.875 bits per heavy atom. The number of hydrogen-bond donors (Lipinski definition) is 4. The molecule has 0 fully saturated rings. The summed E-state index contributed by atoms with van der Waals surface area (Å²) in [6.07, 6.45) is -2.40. The number of carboxylic acids is 2. The standard InChI is InChI=1S/C8H14O6S2/c9-5(7(11)12)1-3-15-16-4-2-6(10)8(13)14/h5-6,9-10H,1-4H2,(H,11,12)(H,13,14). The molecule has 0 aliphatic heterocycles. The van der Waals surface area contributed by atoms with Crippen molar-refractivity contribution in [2.24, 2.45) is 0 Å². The summed E-state index contributed by atoms with van der Waals surface area (Å²) in [4.78, 5) is 20.4. The van der Waals surface area contributed by atoms with Gasteiger partial charge in [0.1, 0.15) is 0 Å². The zero-order valence-corrected chi connectivity index (χ0v) is 10.0. The molecule has 0 spiro atoms. The molecular formula is C8H14O6S2. The Labute approximate surface area is 100 Å². The highest BCUT2D eigenvalue weighted by Gasteiger charge is 2.13. The first-order valence-electron chi connectivity index (χ1n) is 4.51. The fourth-order valence-corrected chi connectivity index (χ4v) is 2.84. The largest absolute Gasteiger partial charge is 0.479 e. The fourth-order valence-electron chi connectivity index (χ4n) is 0.684. The van der Waals surface area contributed by atoms with E-state index in [4.69, 9.17) is 20.4 Å². The molecule has 2 unspecified atom stereocenters. The van der Waals surface area contributed by atoms with Crippen molar-refractivity contribution < 1.29 is 30.0 Å². The number of aliphatic carboxylic acids is 2. The zero-order valence-electron chi connectivity index (χ0n) is 8.40. The van der Waals surface area contributed by atoms with Crippen LogP contribution < -0.4 is 0 Å². The molecule has 0 aromatic carbocycles. The van der Waals surface area contributed by atoms with Crippen molar-refractivity contribution in [3.05, 3.63) is 0 Å². The van der Waals surface area contributed by atoms with Crippen molar-refractivity contribution in [2.75, 3.05) is 11.5 Å². The highest BCUT2D eigenvalue weighted by Crippen LogP contribution is 2.23. The molecule has 0 aromatic heterocycles. The molecule has 8 heteroatoms. The Morgan fingerprint density at radius 2 is 1.19 bits per heavy atom. The predicted octanol–water partition coefficient (Wildman–Crippen LogP) is 0.0390. The maximum absolute atomic E-state index is 10.2. The van der Waals surface area contributed by atoms with Crippen LogP contribution in [0.15, 0.2) is 0 Å². The lowest BCUT2D eigenvalue weighted by molar-refractivity contribution is -0.147. The molecule has 0 aromatic rings. The molecular weight excluding hydrogens is 256 g/mol. The second kappa shape index (κ2) is 8.68. The molecule has 94 valence electrons. The van der Waals surface area contributed by atoms with Gasteiger partial charge in [0, 0.05) is 11.5 Å². The number of aliphatic hydroxyl groups is 2. The highest BCUT2D eigenvalue weighted by atomic mass is 33.1. The van der Waals surface area contributed by atoms with E-state index < -0.39 is 24.1 Å². The topological polar surface area (TPSA) is 115 Å². The van der Waals surface area contributed by atoms with Crippen LogP contribution in [0.1, 0.15) is 12.8 Å². The van der Waals surface area contributed by atoms with Gasteiger partial charge in [0.05, 0.1) is 0 Å². The van der Waals surface area contributed by atoms with E-state index in [9.17, 15) is 9.59 Å². The van der Waals surface area contributed by atoms with Crippen molar-refractivity contribution in [3.8, 4) is 0 Å². The lowest BCUT2D eigenvalue weighted by atomic mass is 10.3. The van der Waals surface area contributed by atoms with E-state index in [-0.39, 0.29) is 12.8 Å². The zero-order chi connectivity index (χ0) is 12.6. The van der Waals surface area contributed by atoms with Gasteiger partial charge in [-0.15, -0.1) is 0 Å². The summed E-state index contributed by atoms with van der Waals surface area (Å²) in [6.45, 7) is 0. The predicted molar refractivity (Wildman–Crippen MR) is 61.4 cm³/mol. The third-order valence-electron chi connectivity index (χ3n) is 1.60. The van der Waals surface area contributed by atoms with E-state index in [1.54, 1.807) is 0 Å². The second-order valence-corrected chi connectivity index (χ2v) is 5.63. The van der Waals surface area contributed by atoms with Crippen molar-refractivity contribution in [3.63, 3.8) is 0 Å². The Kier molecular flexibility index (Phi) is 8.44. The van der Waals surface area contributed by atoms with Crippen LogP contribution in [0.25, 0.3) is 0 Å². The Hall–Kier alpha value is -0.440. The minimum Gasteiger partial charge on any atom is -0.479 e. The third kappa shape index (κ3) is 7.80. The van der Waals surface area contributed by atoms with E-state index in [2.05, 4.69) is 0 Å². The van der Waals surface area contributed by atoms with Crippen molar-refractivity contribution in [2.45, 2.75) is 25.0 Å². The summed E-state index contributed by atoms with van der Waals surface area (Å²) in [5.41, 5.74) is 0. The molecule has 6 nitrogen and oxygen atoms in total. The summed E-state index contributed by atoms with van der Waals surface area (Å²) in [5, 5.41) is 34.5. The smallest absolute Gasteiger partial charge is 0.332 e. The van der Waals surface area contributed by atoms with E-state index in [1.807, 2.05) is 0 Å². The normalized spacial score (nSPS) is 14.4. The maximum Gasteiger partial charge on any atom is 0.332 e. The highest BCUT2D eigenvalue weighted by molar-refractivity contribution is 8.76. The van der Waals surface area contributed by atoms with Gasteiger partial charge in [-0.05, 0) is 12.8 Å². The third-order valence-corrected chi connectivity index (χ3v) is 4.07. The van der Waals surface area contributed by atoms with E-state index in [0.29, 0.717) is 11.5 Å². The monoisotopic (exact) mass is 270 g/mol. The SMILES string of the molecule is O=C(O)C(O)CCSSCCC(O)C(=O)O. The Balaban J connectivity index is 3.34. The number of carboxylic acid groups (broad SMARTS) is 2.